The van der Waals surface area contributed by atoms with Crippen molar-refractivity contribution in [2.24, 2.45) is 0 Å². The van der Waals surface area contributed by atoms with E-state index < -0.39 is 0 Å². The molecular weight excluding hydrogens is 322 g/mol. The fourth-order valence-corrected chi connectivity index (χ4v) is 3.65. The van der Waals surface area contributed by atoms with Gasteiger partial charge >= 0.3 is 0 Å². The van der Waals surface area contributed by atoms with Crippen molar-refractivity contribution in [3.05, 3.63) is 41.7 Å². The molecule has 128 valence electrons. The molecule has 1 aliphatic heterocycles. The zero-order chi connectivity index (χ0) is 16.9. The van der Waals surface area contributed by atoms with E-state index in [4.69, 9.17) is 0 Å². The molecule has 0 spiro atoms. The lowest BCUT2D eigenvalue weighted by molar-refractivity contribution is -0.130. The summed E-state index contributed by atoms with van der Waals surface area (Å²) in [6.45, 7) is 7.46. The maximum Gasteiger partial charge on any atom is 0.233 e. The lowest BCUT2D eigenvalue weighted by atomic mass is 10.1. The fourth-order valence-electron chi connectivity index (χ4n) is 2.91. The second-order valence-electron chi connectivity index (χ2n) is 6.00. The van der Waals surface area contributed by atoms with Crippen molar-refractivity contribution in [3.63, 3.8) is 0 Å². The van der Waals surface area contributed by atoms with Gasteiger partial charge in [-0.25, -0.2) is 4.98 Å². The summed E-state index contributed by atoms with van der Waals surface area (Å²) >= 11 is 1.39. The Hall–Kier alpha value is -1.86. The first-order valence-electron chi connectivity index (χ1n) is 8.22. The molecule has 0 bridgehead atoms. The van der Waals surface area contributed by atoms with Crippen molar-refractivity contribution in [3.8, 4) is 0 Å². The van der Waals surface area contributed by atoms with Gasteiger partial charge in [0.25, 0.3) is 0 Å². The summed E-state index contributed by atoms with van der Waals surface area (Å²) in [6.07, 6.45) is 0. The van der Waals surface area contributed by atoms with Crippen molar-refractivity contribution < 1.29 is 4.79 Å². The molecule has 3 rings (SSSR count). The zero-order valence-electron chi connectivity index (χ0n) is 14.1. The Balaban J connectivity index is 1.47. The molecule has 6 nitrogen and oxygen atoms in total. The van der Waals surface area contributed by atoms with E-state index in [9.17, 15) is 4.79 Å². The number of amides is 1. The first-order chi connectivity index (χ1) is 11.6. The van der Waals surface area contributed by atoms with Gasteiger partial charge in [0.15, 0.2) is 0 Å². The number of carbonyl (C=O) groups is 1. The minimum atomic E-state index is 0.162. The van der Waals surface area contributed by atoms with Crippen molar-refractivity contribution in [2.75, 3.05) is 31.9 Å². The molecule has 1 amide bonds. The van der Waals surface area contributed by atoms with Crippen LogP contribution in [0.1, 0.15) is 24.4 Å². The van der Waals surface area contributed by atoms with E-state index in [0.29, 0.717) is 17.0 Å². The van der Waals surface area contributed by atoms with Gasteiger partial charge in [0, 0.05) is 32.2 Å². The molecule has 24 heavy (non-hydrogen) atoms. The standard InChI is InChI=1S/C17H23N5OS/c1-13(15-6-4-3-5-7-15)21-8-10-22(11-9-21)16(23)12-24-17-18-14(2)19-20-17/h3-7,13H,8-12H2,1-2H3,(H,18,19,20). The molecule has 0 radical (unpaired) electrons. The topological polar surface area (TPSA) is 65.1 Å². The van der Waals surface area contributed by atoms with Gasteiger partial charge in [0.1, 0.15) is 5.82 Å². The molecule has 1 saturated heterocycles. The van der Waals surface area contributed by atoms with Crippen LogP contribution in [0.4, 0.5) is 0 Å². The molecular formula is C17H23N5OS. The summed E-state index contributed by atoms with van der Waals surface area (Å²) in [5.41, 5.74) is 1.33. The summed E-state index contributed by atoms with van der Waals surface area (Å²) in [5.74, 6) is 1.33. The number of hydrogen-bond acceptors (Lipinski definition) is 5. The lowest BCUT2D eigenvalue weighted by Gasteiger charge is -2.38. The Labute approximate surface area is 146 Å². The number of aryl methyl sites for hydroxylation is 1. The van der Waals surface area contributed by atoms with Crippen molar-refractivity contribution in [1.29, 1.82) is 0 Å². The number of thioether (sulfide) groups is 1. The second-order valence-corrected chi connectivity index (χ2v) is 6.94. The third-order valence-corrected chi connectivity index (χ3v) is 5.23. The second kappa shape index (κ2) is 7.81. The number of nitrogens with zero attached hydrogens (tertiary/aromatic N) is 4. The Morgan fingerprint density at radius 1 is 1.25 bits per heavy atom. The van der Waals surface area contributed by atoms with Crippen LogP contribution in [0.15, 0.2) is 35.5 Å². The number of hydrogen-bond donors (Lipinski definition) is 1. The first-order valence-corrected chi connectivity index (χ1v) is 9.20. The Kier molecular flexibility index (Phi) is 5.52. The van der Waals surface area contributed by atoms with E-state index in [1.807, 2.05) is 17.9 Å². The van der Waals surface area contributed by atoms with Gasteiger partial charge in [-0.3, -0.25) is 14.8 Å². The molecule has 0 saturated carbocycles. The average molecular weight is 345 g/mol. The maximum atomic E-state index is 12.3. The molecule has 1 fully saturated rings. The molecule has 1 aromatic heterocycles. The minimum absolute atomic E-state index is 0.162. The van der Waals surface area contributed by atoms with Gasteiger partial charge in [0.05, 0.1) is 5.75 Å². The minimum Gasteiger partial charge on any atom is -0.339 e. The maximum absolute atomic E-state index is 12.3. The summed E-state index contributed by atoms with van der Waals surface area (Å²) < 4.78 is 0. The van der Waals surface area contributed by atoms with E-state index >= 15 is 0 Å². The monoisotopic (exact) mass is 345 g/mol. The number of rotatable bonds is 5. The highest BCUT2D eigenvalue weighted by atomic mass is 32.2. The zero-order valence-corrected chi connectivity index (χ0v) is 14.9. The van der Waals surface area contributed by atoms with Crippen molar-refractivity contribution >= 4 is 17.7 Å². The molecule has 1 aliphatic rings. The molecule has 1 atom stereocenters. The van der Waals surface area contributed by atoms with E-state index in [2.05, 4.69) is 51.3 Å². The summed E-state index contributed by atoms with van der Waals surface area (Å²) in [7, 11) is 0. The van der Waals surface area contributed by atoms with Crippen LogP contribution in [0.3, 0.4) is 0 Å². The lowest BCUT2D eigenvalue weighted by Crippen LogP contribution is -2.49. The van der Waals surface area contributed by atoms with Gasteiger partial charge in [-0.05, 0) is 19.4 Å². The van der Waals surface area contributed by atoms with Crippen LogP contribution in [0.25, 0.3) is 0 Å². The van der Waals surface area contributed by atoms with Crippen LogP contribution in [0.5, 0.6) is 0 Å². The van der Waals surface area contributed by atoms with Crippen LogP contribution in [0, 0.1) is 6.92 Å². The molecule has 1 unspecified atom stereocenters. The predicted octanol–water partition coefficient (Wildman–Crippen LogP) is 2.11. The fraction of sp³-hybridized carbons (Fsp3) is 0.471. The summed E-state index contributed by atoms with van der Waals surface area (Å²) in [6, 6.07) is 10.9. The van der Waals surface area contributed by atoms with Gasteiger partial charge < -0.3 is 4.90 Å². The molecule has 1 N–H and O–H groups in total. The van der Waals surface area contributed by atoms with E-state index in [-0.39, 0.29) is 5.91 Å². The molecule has 0 aliphatic carbocycles. The van der Waals surface area contributed by atoms with Crippen molar-refractivity contribution in [1.82, 2.24) is 25.0 Å². The van der Waals surface area contributed by atoms with Gasteiger partial charge in [0.2, 0.25) is 11.1 Å². The third kappa shape index (κ3) is 4.15. The number of piperazine rings is 1. The largest absolute Gasteiger partial charge is 0.339 e. The number of aromatic nitrogens is 3. The van der Waals surface area contributed by atoms with Crippen LogP contribution < -0.4 is 0 Å². The quantitative estimate of drug-likeness (QED) is 0.841. The Morgan fingerprint density at radius 2 is 1.96 bits per heavy atom. The van der Waals surface area contributed by atoms with Gasteiger partial charge in [-0.2, -0.15) is 0 Å². The van der Waals surface area contributed by atoms with Crippen molar-refractivity contribution in [2.45, 2.75) is 25.0 Å². The number of benzene rings is 1. The van der Waals surface area contributed by atoms with Crippen LogP contribution in [-0.2, 0) is 4.79 Å². The third-order valence-electron chi connectivity index (χ3n) is 4.40. The van der Waals surface area contributed by atoms with Crippen LogP contribution >= 0.6 is 11.8 Å². The molecule has 2 heterocycles. The highest BCUT2D eigenvalue weighted by Crippen LogP contribution is 2.21. The highest BCUT2D eigenvalue weighted by Gasteiger charge is 2.24. The number of H-pyrrole nitrogens is 1. The summed E-state index contributed by atoms with van der Waals surface area (Å²) in [5, 5.41) is 7.48. The first kappa shape index (κ1) is 17.0. The predicted molar refractivity (Wildman–Crippen MR) is 94.9 cm³/mol. The van der Waals surface area contributed by atoms with E-state index in [1.54, 1.807) is 0 Å². The highest BCUT2D eigenvalue weighted by molar-refractivity contribution is 7.99. The van der Waals surface area contributed by atoms with Gasteiger partial charge in [-0.15, -0.1) is 5.10 Å². The molecule has 7 heteroatoms. The normalized spacial score (nSPS) is 17.0. The number of carbonyl (C=O) groups excluding carboxylic acids is 1. The van der Waals surface area contributed by atoms with Gasteiger partial charge in [-0.1, -0.05) is 42.1 Å². The van der Waals surface area contributed by atoms with E-state index in [0.717, 1.165) is 32.0 Å². The van der Waals surface area contributed by atoms with E-state index in [1.165, 1.54) is 17.3 Å². The summed E-state index contributed by atoms with van der Waals surface area (Å²) in [4.78, 5) is 20.9. The van der Waals surface area contributed by atoms with Crippen LogP contribution in [0.2, 0.25) is 0 Å². The SMILES string of the molecule is Cc1nc(SCC(=O)N2CCN(C(C)c3ccccc3)CC2)n[nH]1. The number of nitrogens with one attached hydrogen (secondary N) is 1. The Bertz CT molecular complexity index is 667. The number of aromatic amines is 1. The molecule has 2 aromatic rings. The average Bonchev–Trinajstić information content (AvgIpc) is 3.05. The Morgan fingerprint density at radius 3 is 2.58 bits per heavy atom. The smallest absolute Gasteiger partial charge is 0.233 e. The van der Waals surface area contributed by atoms with Crippen LogP contribution in [-0.4, -0.2) is 62.8 Å². The molecule has 1 aromatic carbocycles.